The molecule has 0 saturated carbocycles. The van der Waals surface area contributed by atoms with E-state index in [9.17, 15) is 5.11 Å². The summed E-state index contributed by atoms with van der Waals surface area (Å²) in [5.41, 5.74) is 2.18. The Hall–Kier alpha value is -0.540. The maximum atomic E-state index is 9.93. The molecule has 3 heteroatoms. The smallest absolute Gasteiger partial charge is 0.119 e. The highest BCUT2D eigenvalue weighted by Gasteiger charge is 2.18. The van der Waals surface area contributed by atoms with Gasteiger partial charge in [0, 0.05) is 4.47 Å². The molecule has 0 unspecified atom stereocenters. The number of hydrogen-bond acceptors (Lipinski definition) is 2. The van der Waals surface area contributed by atoms with E-state index < -0.39 is 0 Å². The number of aryl methyl sites for hydroxylation is 1. The van der Waals surface area contributed by atoms with Gasteiger partial charge >= 0.3 is 0 Å². The summed E-state index contributed by atoms with van der Waals surface area (Å²) in [4.78, 5) is 0. The van der Waals surface area contributed by atoms with Crippen LogP contribution in [0.1, 0.15) is 29.9 Å². The summed E-state index contributed by atoms with van der Waals surface area (Å²) in [5, 5.41) is 13.3. The Morgan fingerprint density at radius 1 is 1.33 bits per heavy atom. The standard InChI is InChI=1S/C12H16BrNO/c1-8-6-12(15)10(7-11(8)13)9-2-4-14-5-3-9/h6-7,9,14-15H,2-5H2,1H3. The average molecular weight is 270 g/mol. The summed E-state index contributed by atoms with van der Waals surface area (Å²) in [6, 6.07) is 3.92. The van der Waals surface area contributed by atoms with Crippen molar-refractivity contribution in [3.05, 3.63) is 27.7 Å². The molecule has 1 aromatic carbocycles. The molecule has 0 atom stereocenters. The number of benzene rings is 1. The third-order valence-electron chi connectivity index (χ3n) is 3.09. The summed E-state index contributed by atoms with van der Waals surface area (Å²) >= 11 is 3.52. The fourth-order valence-electron chi connectivity index (χ4n) is 2.14. The molecule has 2 N–H and O–H groups in total. The molecule has 0 spiro atoms. The predicted octanol–water partition coefficient (Wildman–Crippen LogP) is 2.93. The molecule has 1 aromatic rings. The van der Waals surface area contributed by atoms with E-state index in [1.54, 1.807) is 0 Å². The van der Waals surface area contributed by atoms with Gasteiger partial charge in [0.15, 0.2) is 0 Å². The summed E-state index contributed by atoms with van der Waals surface area (Å²) < 4.78 is 1.09. The van der Waals surface area contributed by atoms with Gasteiger partial charge < -0.3 is 10.4 Å². The maximum Gasteiger partial charge on any atom is 0.119 e. The maximum absolute atomic E-state index is 9.93. The number of halogens is 1. The van der Waals surface area contributed by atoms with Crippen LogP contribution in [0.25, 0.3) is 0 Å². The molecule has 0 amide bonds. The SMILES string of the molecule is Cc1cc(O)c(C2CCNCC2)cc1Br. The van der Waals surface area contributed by atoms with Gasteiger partial charge in [0.05, 0.1) is 0 Å². The molecule has 82 valence electrons. The normalized spacial score (nSPS) is 18.0. The van der Waals surface area contributed by atoms with Crippen LogP contribution in [0.3, 0.4) is 0 Å². The summed E-state index contributed by atoms with van der Waals surface area (Å²) in [7, 11) is 0. The molecular formula is C12H16BrNO. The van der Waals surface area contributed by atoms with Crippen LogP contribution in [-0.4, -0.2) is 18.2 Å². The number of piperidine rings is 1. The Kier molecular flexibility index (Phi) is 3.32. The molecule has 1 fully saturated rings. The minimum absolute atomic E-state index is 0.447. The van der Waals surface area contributed by atoms with Gasteiger partial charge in [-0.1, -0.05) is 15.9 Å². The van der Waals surface area contributed by atoms with Crippen molar-refractivity contribution in [1.82, 2.24) is 5.32 Å². The van der Waals surface area contributed by atoms with Crippen LogP contribution < -0.4 is 5.32 Å². The van der Waals surface area contributed by atoms with Gasteiger partial charge in [-0.05, 0) is 62.0 Å². The average Bonchev–Trinajstić information content (AvgIpc) is 2.25. The molecule has 0 aromatic heterocycles. The molecule has 1 aliphatic rings. The van der Waals surface area contributed by atoms with Gasteiger partial charge in [0.2, 0.25) is 0 Å². The molecule has 2 nitrogen and oxygen atoms in total. The second-order valence-corrected chi connectivity index (χ2v) is 5.04. The van der Waals surface area contributed by atoms with Crippen LogP contribution in [-0.2, 0) is 0 Å². The van der Waals surface area contributed by atoms with Crippen molar-refractivity contribution in [3.63, 3.8) is 0 Å². The number of phenolic OH excluding ortho intramolecular Hbond substituents is 1. The highest BCUT2D eigenvalue weighted by Crippen LogP contribution is 2.35. The molecular weight excluding hydrogens is 254 g/mol. The van der Waals surface area contributed by atoms with Gasteiger partial charge in [-0.2, -0.15) is 0 Å². The van der Waals surface area contributed by atoms with Crippen LogP contribution in [0.2, 0.25) is 0 Å². The molecule has 0 bridgehead atoms. The minimum Gasteiger partial charge on any atom is -0.508 e. The van der Waals surface area contributed by atoms with Crippen LogP contribution >= 0.6 is 15.9 Å². The third-order valence-corrected chi connectivity index (χ3v) is 3.94. The Balaban J connectivity index is 2.30. The van der Waals surface area contributed by atoms with E-state index in [1.807, 2.05) is 13.0 Å². The zero-order chi connectivity index (χ0) is 10.8. The highest BCUT2D eigenvalue weighted by molar-refractivity contribution is 9.10. The van der Waals surface area contributed by atoms with Crippen LogP contribution in [0, 0.1) is 6.92 Å². The Labute approximate surface area is 98.8 Å². The zero-order valence-corrected chi connectivity index (χ0v) is 10.5. The van der Waals surface area contributed by atoms with Crippen molar-refractivity contribution < 1.29 is 5.11 Å². The van der Waals surface area contributed by atoms with Gasteiger partial charge in [-0.15, -0.1) is 0 Å². The molecule has 15 heavy (non-hydrogen) atoms. The first-order chi connectivity index (χ1) is 7.18. The summed E-state index contributed by atoms with van der Waals surface area (Å²) in [6.07, 6.45) is 2.23. The lowest BCUT2D eigenvalue weighted by Crippen LogP contribution is -2.26. The van der Waals surface area contributed by atoms with Crippen molar-refractivity contribution in [2.45, 2.75) is 25.7 Å². The van der Waals surface area contributed by atoms with E-state index in [4.69, 9.17) is 0 Å². The lowest BCUT2D eigenvalue weighted by molar-refractivity contribution is 0.424. The summed E-state index contributed by atoms with van der Waals surface area (Å²) in [6.45, 7) is 4.10. The van der Waals surface area contributed by atoms with E-state index in [0.717, 1.165) is 41.5 Å². The van der Waals surface area contributed by atoms with E-state index in [1.165, 1.54) is 0 Å². The molecule has 1 heterocycles. The van der Waals surface area contributed by atoms with Crippen LogP contribution in [0.4, 0.5) is 0 Å². The van der Waals surface area contributed by atoms with Gasteiger partial charge in [0.1, 0.15) is 5.75 Å². The van der Waals surface area contributed by atoms with E-state index >= 15 is 0 Å². The van der Waals surface area contributed by atoms with Crippen molar-refractivity contribution in [1.29, 1.82) is 0 Å². The van der Waals surface area contributed by atoms with Crippen molar-refractivity contribution in [2.75, 3.05) is 13.1 Å². The number of aromatic hydroxyl groups is 1. The Morgan fingerprint density at radius 3 is 2.67 bits per heavy atom. The number of rotatable bonds is 1. The van der Waals surface area contributed by atoms with Gasteiger partial charge in [0.25, 0.3) is 0 Å². The first-order valence-corrected chi connectivity index (χ1v) is 6.17. The second kappa shape index (κ2) is 4.54. The lowest BCUT2D eigenvalue weighted by Gasteiger charge is -2.24. The first-order valence-electron chi connectivity index (χ1n) is 5.38. The second-order valence-electron chi connectivity index (χ2n) is 4.18. The quantitative estimate of drug-likeness (QED) is 0.822. The van der Waals surface area contributed by atoms with Gasteiger partial charge in [-0.3, -0.25) is 0 Å². The Bertz CT molecular complexity index is 359. The fourth-order valence-corrected chi connectivity index (χ4v) is 2.50. The van der Waals surface area contributed by atoms with Crippen molar-refractivity contribution in [2.24, 2.45) is 0 Å². The van der Waals surface area contributed by atoms with E-state index in [0.29, 0.717) is 11.7 Å². The molecule has 0 aliphatic carbocycles. The molecule has 2 rings (SSSR count). The summed E-state index contributed by atoms with van der Waals surface area (Å²) in [5.74, 6) is 0.950. The predicted molar refractivity (Wildman–Crippen MR) is 65.4 cm³/mol. The van der Waals surface area contributed by atoms with Crippen LogP contribution in [0.15, 0.2) is 16.6 Å². The number of hydrogen-bond donors (Lipinski definition) is 2. The largest absolute Gasteiger partial charge is 0.508 e. The Morgan fingerprint density at radius 2 is 2.00 bits per heavy atom. The molecule has 1 saturated heterocycles. The zero-order valence-electron chi connectivity index (χ0n) is 8.89. The monoisotopic (exact) mass is 269 g/mol. The number of phenols is 1. The fraction of sp³-hybridized carbons (Fsp3) is 0.500. The van der Waals surface area contributed by atoms with Crippen LogP contribution in [0.5, 0.6) is 5.75 Å². The molecule has 0 radical (unpaired) electrons. The van der Waals surface area contributed by atoms with E-state index in [2.05, 4.69) is 27.3 Å². The van der Waals surface area contributed by atoms with E-state index in [-0.39, 0.29) is 0 Å². The first kappa shape index (κ1) is 11.0. The third kappa shape index (κ3) is 2.34. The number of nitrogens with one attached hydrogen (secondary N) is 1. The topological polar surface area (TPSA) is 32.3 Å². The lowest BCUT2D eigenvalue weighted by atomic mass is 9.89. The highest BCUT2D eigenvalue weighted by atomic mass is 79.9. The minimum atomic E-state index is 0.447. The van der Waals surface area contributed by atoms with Crippen molar-refractivity contribution >= 4 is 15.9 Å². The molecule has 1 aliphatic heterocycles. The van der Waals surface area contributed by atoms with Crippen molar-refractivity contribution in [3.8, 4) is 5.75 Å². The van der Waals surface area contributed by atoms with Gasteiger partial charge in [-0.25, -0.2) is 0 Å².